The molecule has 4 rings (SSSR count). The summed E-state index contributed by atoms with van der Waals surface area (Å²) < 4.78 is 1.78. The molecular formula is C19H19Cl2N3OS2. The van der Waals surface area contributed by atoms with Crippen LogP contribution < -0.4 is 5.56 Å². The van der Waals surface area contributed by atoms with E-state index in [2.05, 4.69) is 11.9 Å². The summed E-state index contributed by atoms with van der Waals surface area (Å²) >= 11 is 15.5. The van der Waals surface area contributed by atoms with Crippen molar-refractivity contribution in [3.05, 3.63) is 54.6 Å². The fraction of sp³-hybridized carbons (Fsp3) is 0.368. The molecule has 3 heterocycles. The lowest BCUT2D eigenvalue weighted by Gasteiger charge is -2.21. The minimum absolute atomic E-state index is 0.0780. The zero-order valence-electron chi connectivity index (χ0n) is 15.1. The van der Waals surface area contributed by atoms with Crippen LogP contribution in [-0.4, -0.2) is 28.0 Å². The SMILES string of the molecule is CCn1c(SCc2ccc(Cl)cc2Cl)nc2sc3c(c2c1=O)CCN(C)C3. The van der Waals surface area contributed by atoms with E-state index in [1.165, 1.54) is 10.4 Å². The van der Waals surface area contributed by atoms with Crippen molar-refractivity contribution in [1.82, 2.24) is 14.5 Å². The second kappa shape index (κ2) is 7.76. The van der Waals surface area contributed by atoms with Crippen LogP contribution in [0.15, 0.2) is 28.2 Å². The van der Waals surface area contributed by atoms with Crippen LogP contribution in [0, 0.1) is 0 Å². The molecule has 3 aromatic rings. The molecule has 0 saturated carbocycles. The Morgan fingerprint density at radius 1 is 1.33 bits per heavy atom. The van der Waals surface area contributed by atoms with Gasteiger partial charge in [-0.25, -0.2) is 4.98 Å². The van der Waals surface area contributed by atoms with E-state index in [0.717, 1.165) is 40.4 Å². The first-order valence-electron chi connectivity index (χ1n) is 8.78. The molecule has 0 amide bonds. The van der Waals surface area contributed by atoms with Gasteiger partial charge in [-0.1, -0.05) is 41.0 Å². The Morgan fingerprint density at radius 2 is 2.15 bits per heavy atom. The monoisotopic (exact) mass is 439 g/mol. The van der Waals surface area contributed by atoms with Crippen LogP contribution in [0.3, 0.4) is 0 Å². The Morgan fingerprint density at radius 3 is 2.89 bits per heavy atom. The molecule has 4 nitrogen and oxygen atoms in total. The maximum atomic E-state index is 13.2. The molecule has 1 aromatic carbocycles. The number of rotatable bonds is 4. The molecule has 0 unspecified atom stereocenters. The maximum Gasteiger partial charge on any atom is 0.263 e. The maximum absolute atomic E-state index is 13.2. The number of thiophene rings is 1. The minimum atomic E-state index is 0.0780. The van der Waals surface area contributed by atoms with Gasteiger partial charge in [-0.15, -0.1) is 11.3 Å². The van der Waals surface area contributed by atoms with Gasteiger partial charge in [-0.05, 0) is 43.7 Å². The highest BCUT2D eigenvalue weighted by molar-refractivity contribution is 7.98. The molecule has 8 heteroatoms. The normalized spacial score (nSPS) is 14.7. The second-order valence-corrected chi connectivity index (χ2v) is 9.51. The third-order valence-electron chi connectivity index (χ3n) is 4.80. The molecule has 1 aliphatic heterocycles. The van der Waals surface area contributed by atoms with E-state index in [4.69, 9.17) is 28.2 Å². The van der Waals surface area contributed by atoms with Crippen molar-refractivity contribution >= 4 is 56.5 Å². The van der Waals surface area contributed by atoms with Crippen molar-refractivity contribution in [3.8, 4) is 0 Å². The van der Waals surface area contributed by atoms with Crippen LogP contribution in [-0.2, 0) is 25.3 Å². The molecule has 0 radical (unpaired) electrons. The molecule has 0 spiro atoms. The molecule has 0 atom stereocenters. The first-order chi connectivity index (χ1) is 13.0. The second-order valence-electron chi connectivity index (χ2n) is 6.64. The van der Waals surface area contributed by atoms with Crippen LogP contribution in [0.2, 0.25) is 10.0 Å². The van der Waals surface area contributed by atoms with Gasteiger partial charge in [0.2, 0.25) is 0 Å². The Bertz CT molecular complexity index is 1080. The molecule has 27 heavy (non-hydrogen) atoms. The fourth-order valence-electron chi connectivity index (χ4n) is 3.36. The quantitative estimate of drug-likeness (QED) is 0.420. The number of aromatic nitrogens is 2. The lowest BCUT2D eigenvalue weighted by molar-refractivity contribution is 0.318. The number of benzene rings is 1. The number of likely N-dealkylation sites (N-methyl/N-ethyl adjacent to an activating group) is 1. The first-order valence-corrected chi connectivity index (χ1v) is 11.3. The Hall–Kier alpha value is -1.05. The van der Waals surface area contributed by atoms with Crippen molar-refractivity contribution in [1.29, 1.82) is 0 Å². The van der Waals surface area contributed by atoms with Crippen molar-refractivity contribution in [2.45, 2.75) is 37.3 Å². The molecule has 142 valence electrons. The lowest BCUT2D eigenvalue weighted by Crippen LogP contribution is -2.27. The summed E-state index contributed by atoms with van der Waals surface area (Å²) in [5.74, 6) is 0.641. The summed E-state index contributed by atoms with van der Waals surface area (Å²) in [4.78, 5) is 22.4. The molecular weight excluding hydrogens is 421 g/mol. The van der Waals surface area contributed by atoms with Crippen LogP contribution in [0.1, 0.15) is 22.9 Å². The first kappa shape index (κ1) is 19.3. The largest absolute Gasteiger partial charge is 0.301 e. The number of halogens is 2. The van der Waals surface area contributed by atoms with E-state index in [1.807, 2.05) is 19.1 Å². The lowest BCUT2D eigenvalue weighted by atomic mass is 10.1. The van der Waals surface area contributed by atoms with Gasteiger partial charge in [-0.3, -0.25) is 9.36 Å². The smallest absolute Gasteiger partial charge is 0.263 e. The van der Waals surface area contributed by atoms with Gasteiger partial charge in [-0.2, -0.15) is 0 Å². The number of fused-ring (bicyclic) bond motifs is 3. The molecule has 0 saturated heterocycles. The molecule has 1 aliphatic rings. The van der Waals surface area contributed by atoms with Crippen molar-refractivity contribution in [2.24, 2.45) is 0 Å². The Balaban J connectivity index is 1.73. The van der Waals surface area contributed by atoms with Crippen molar-refractivity contribution in [2.75, 3.05) is 13.6 Å². The number of hydrogen-bond acceptors (Lipinski definition) is 5. The summed E-state index contributed by atoms with van der Waals surface area (Å²) in [6, 6.07) is 5.49. The highest BCUT2D eigenvalue weighted by Crippen LogP contribution is 2.34. The fourth-order valence-corrected chi connectivity index (χ4v) is 6.32. The van der Waals surface area contributed by atoms with Crippen molar-refractivity contribution < 1.29 is 0 Å². The number of hydrogen-bond donors (Lipinski definition) is 0. The van der Waals surface area contributed by atoms with E-state index in [1.54, 1.807) is 33.7 Å². The van der Waals surface area contributed by atoms with E-state index in [-0.39, 0.29) is 5.56 Å². The number of thioether (sulfide) groups is 1. The van der Waals surface area contributed by atoms with Gasteiger partial charge in [0.05, 0.1) is 5.39 Å². The third-order valence-corrected chi connectivity index (χ3v) is 7.53. The van der Waals surface area contributed by atoms with Crippen LogP contribution >= 0.6 is 46.3 Å². The van der Waals surface area contributed by atoms with Crippen LogP contribution in [0.5, 0.6) is 0 Å². The van der Waals surface area contributed by atoms with Gasteiger partial charge in [0.15, 0.2) is 5.16 Å². The van der Waals surface area contributed by atoms with Gasteiger partial charge in [0.25, 0.3) is 5.56 Å². The van der Waals surface area contributed by atoms with Gasteiger partial charge >= 0.3 is 0 Å². The predicted octanol–water partition coefficient (Wildman–Crippen LogP) is 5.06. The van der Waals surface area contributed by atoms with Crippen molar-refractivity contribution in [3.63, 3.8) is 0 Å². The highest BCUT2D eigenvalue weighted by Gasteiger charge is 2.23. The van der Waals surface area contributed by atoms with Crippen LogP contribution in [0.25, 0.3) is 10.2 Å². The Kier molecular flexibility index (Phi) is 5.54. The molecule has 0 fully saturated rings. The van der Waals surface area contributed by atoms with E-state index < -0.39 is 0 Å². The number of nitrogens with zero attached hydrogens (tertiary/aromatic N) is 3. The summed E-state index contributed by atoms with van der Waals surface area (Å²) in [5.41, 5.74) is 2.26. The van der Waals surface area contributed by atoms with E-state index in [0.29, 0.717) is 22.3 Å². The van der Waals surface area contributed by atoms with Gasteiger partial charge < -0.3 is 4.90 Å². The summed E-state index contributed by atoms with van der Waals surface area (Å²) in [6.07, 6.45) is 0.916. The van der Waals surface area contributed by atoms with Gasteiger partial charge in [0, 0.05) is 40.3 Å². The summed E-state index contributed by atoms with van der Waals surface area (Å²) in [7, 11) is 2.11. The standard InChI is InChI=1S/C19H19Cl2N3OS2/c1-3-24-18(25)16-13-6-7-23(2)9-15(13)27-17(16)22-19(24)26-10-11-4-5-12(20)8-14(11)21/h4-5,8H,3,6-7,9-10H2,1-2H3. The molecule has 0 N–H and O–H groups in total. The average Bonchev–Trinajstić information content (AvgIpc) is 2.98. The zero-order chi connectivity index (χ0) is 19.1. The predicted molar refractivity (Wildman–Crippen MR) is 116 cm³/mol. The minimum Gasteiger partial charge on any atom is -0.301 e. The molecule has 0 bridgehead atoms. The van der Waals surface area contributed by atoms with Crippen LogP contribution in [0.4, 0.5) is 0 Å². The van der Waals surface area contributed by atoms with Gasteiger partial charge in [0.1, 0.15) is 4.83 Å². The van der Waals surface area contributed by atoms with E-state index in [9.17, 15) is 4.79 Å². The highest BCUT2D eigenvalue weighted by atomic mass is 35.5. The molecule has 2 aromatic heterocycles. The Labute approximate surface area is 176 Å². The molecule has 0 aliphatic carbocycles. The topological polar surface area (TPSA) is 38.1 Å². The summed E-state index contributed by atoms with van der Waals surface area (Å²) in [6.45, 7) is 4.46. The third kappa shape index (κ3) is 3.66. The summed E-state index contributed by atoms with van der Waals surface area (Å²) in [5, 5.41) is 2.82. The average molecular weight is 440 g/mol. The zero-order valence-corrected chi connectivity index (χ0v) is 18.2. The van der Waals surface area contributed by atoms with E-state index >= 15 is 0 Å².